The first-order valence-electron chi connectivity index (χ1n) is 9.92. The Balaban J connectivity index is 1.68. The summed E-state index contributed by atoms with van der Waals surface area (Å²) < 4.78 is 0. The van der Waals surface area contributed by atoms with Crippen molar-refractivity contribution in [3.8, 4) is 0 Å². The first kappa shape index (κ1) is 21.4. The first-order valence-corrected chi connectivity index (χ1v) is 10.3. The fraction of sp³-hybridized carbons (Fsp3) is 0.409. The first-order chi connectivity index (χ1) is 13.9. The SMILES string of the molecule is CN1CCN([C@@H](CNC(=O)Nc2cccc(Cl)c2)c2ccc(N(C)C)cc2)CC1. The highest BCUT2D eigenvalue weighted by Crippen LogP contribution is 2.24. The summed E-state index contributed by atoms with van der Waals surface area (Å²) in [6.07, 6.45) is 0. The van der Waals surface area contributed by atoms with E-state index < -0.39 is 0 Å². The number of likely N-dealkylation sites (N-methyl/N-ethyl adjacent to an activating group) is 1. The summed E-state index contributed by atoms with van der Waals surface area (Å²) in [4.78, 5) is 19.3. The lowest BCUT2D eigenvalue weighted by Gasteiger charge is -2.38. The van der Waals surface area contributed by atoms with Crippen LogP contribution in [-0.4, -0.2) is 69.7 Å². The van der Waals surface area contributed by atoms with E-state index in [9.17, 15) is 4.79 Å². The number of carbonyl (C=O) groups excluding carboxylic acids is 1. The summed E-state index contributed by atoms with van der Waals surface area (Å²) in [7, 11) is 6.22. The number of hydrogen-bond acceptors (Lipinski definition) is 4. The second kappa shape index (κ2) is 9.96. The summed E-state index contributed by atoms with van der Waals surface area (Å²) in [5, 5.41) is 6.49. The second-order valence-corrected chi connectivity index (χ2v) is 8.12. The second-order valence-electron chi connectivity index (χ2n) is 7.69. The molecular formula is C22H30ClN5O. The summed E-state index contributed by atoms with van der Waals surface area (Å²) in [5.41, 5.74) is 3.06. The van der Waals surface area contributed by atoms with E-state index in [4.69, 9.17) is 11.6 Å². The van der Waals surface area contributed by atoms with Gasteiger partial charge in [-0.05, 0) is 42.9 Å². The number of urea groups is 1. The van der Waals surface area contributed by atoms with Crippen LogP contribution in [0.1, 0.15) is 11.6 Å². The number of piperazine rings is 1. The Hall–Kier alpha value is -2.28. The van der Waals surface area contributed by atoms with Crippen LogP contribution in [-0.2, 0) is 0 Å². The molecule has 2 aromatic carbocycles. The molecule has 0 aromatic heterocycles. The third kappa shape index (κ3) is 6.10. The van der Waals surface area contributed by atoms with E-state index in [1.807, 2.05) is 26.2 Å². The van der Waals surface area contributed by atoms with Gasteiger partial charge in [0.05, 0.1) is 6.04 Å². The Morgan fingerprint density at radius 2 is 1.79 bits per heavy atom. The summed E-state index contributed by atoms with van der Waals surface area (Å²) in [5.74, 6) is 0. The molecule has 2 N–H and O–H groups in total. The lowest BCUT2D eigenvalue weighted by atomic mass is 10.0. The molecule has 1 aliphatic rings. The average Bonchev–Trinajstić information content (AvgIpc) is 2.70. The van der Waals surface area contributed by atoms with Crippen LogP contribution in [0.4, 0.5) is 16.2 Å². The maximum absolute atomic E-state index is 12.4. The molecule has 7 heteroatoms. The van der Waals surface area contributed by atoms with E-state index in [0.717, 1.165) is 31.9 Å². The lowest BCUT2D eigenvalue weighted by Crippen LogP contribution is -2.48. The van der Waals surface area contributed by atoms with E-state index in [0.29, 0.717) is 17.3 Å². The fourth-order valence-electron chi connectivity index (χ4n) is 3.52. The predicted octanol–water partition coefficient (Wildman–Crippen LogP) is 3.52. The molecule has 6 nitrogen and oxygen atoms in total. The molecule has 29 heavy (non-hydrogen) atoms. The molecule has 0 radical (unpaired) electrons. The minimum absolute atomic E-state index is 0.130. The number of hydrogen-bond donors (Lipinski definition) is 2. The molecule has 1 fully saturated rings. The minimum atomic E-state index is -0.226. The van der Waals surface area contributed by atoms with Gasteiger partial charge < -0.3 is 20.4 Å². The number of anilines is 2. The van der Waals surface area contributed by atoms with Crippen molar-refractivity contribution in [2.24, 2.45) is 0 Å². The van der Waals surface area contributed by atoms with Gasteiger partial charge in [-0.1, -0.05) is 29.8 Å². The van der Waals surface area contributed by atoms with Gasteiger partial charge in [0.2, 0.25) is 0 Å². The third-order valence-electron chi connectivity index (χ3n) is 5.31. The molecule has 2 amide bonds. The molecule has 1 atom stereocenters. The van der Waals surface area contributed by atoms with Crippen molar-refractivity contribution >= 4 is 29.0 Å². The van der Waals surface area contributed by atoms with E-state index in [2.05, 4.69) is 56.6 Å². The van der Waals surface area contributed by atoms with Crippen LogP contribution in [0.5, 0.6) is 0 Å². The number of halogens is 1. The molecule has 0 unspecified atom stereocenters. The van der Waals surface area contributed by atoms with Crippen LogP contribution in [0.2, 0.25) is 5.02 Å². The van der Waals surface area contributed by atoms with E-state index >= 15 is 0 Å². The Kier molecular flexibility index (Phi) is 7.36. The molecule has 156 valence electrons. The van der Waals surface area contributed by atoms with Gasteiger partial charge in [0.15, 0.2) is 0 Å². The van der Waals surface area contributed by atoms with Crippen LogP contribution in [0, 0.1) is 0 Å². The number of rotatable bonds is 6. The van der Waals surface area contributed by atoms with Crippen molar-refractivity contribution in [2.45, 2.75) is 6.04 Å². The largest absolute Gasteiger partial charge is 0.378 e. The number of amides is 2. The highest BCUT2D eigenvalue weighted by molar-refractivity contribution is 6.30. The topological polar surface area (TPSA) is 50.9 Å². The van der Waals surface area contributed by atoms with Crippen molar-refractivity contribution in [1.29, 1.82) is 0 Å². The van der Waals surface area contributed by atoms with Crippen molar-refractivity contribution in [1.82, 2.24) is 15.1 Å². The summed E-state index contributed by atoms with van der Waals surface area (Å²) in [6, 6.07) is 15.6. The number of benzene rings is 2. The van der Waals surface area contributed by atoms with Gasteiger partial charge in [-0.25, -0.2) is 4.79 Å². The van der Waals surface area contributed by atoms with Crippen molar-refractivity contribution in [2.75, 3.05) is 64.1 Å². The van der Waals surface area contributed by atoms with Gasteiger partial charge in [0.25, 0.3) is 0 Å². The number of carbonyl (C=O) groups is 1. The van der Waals surface area contributed by atoms with Crippen LogP contribution in [0.25, 0.3) is 0 Å². The van der Waals surface area contributed by atoms with Crippen LogP contribution < -0.4 is 15.5 Å². The molecule has 0 saturated carbocycles. The molecule has 2 aromatic rings. The summed E-state index contributed by atoms with van der Waals surface area (Å²) in [6.45, 7) is 4.56. The maximum atomic E-state index is 12.4. The Labute approximate surface area is 178 Å². The Morgan fingerprint density at radius 1 is 1.10 bits per heavy atom. The zero-order chi connectivity index (χ0) is 20.8. The molecule has 1 saturated heterocycles. The van der Waals surface area contributed by atoms with Gasteiger partial charge in [0, 0.05) is 63.2 Å². The van der Waals surface area contributed by atoms with Gasteiger partial charge in [-0.3, -0.25) is 4.90 Å². The highest BCUT2D eigenvalue weighted by atomic mass is 35.5. The molecule has 1 aliphatic heterocycles. The van der Waals surface area contributed by atoms with Crippen LogP contribution in [0.15, 0.2) is 48.5 Å². The quantitative estimate of drug-likeness (QED) is 0.758. The molecule has 0 bridgehead atoms. The highest BCUT2D eigenvalue weighted by Gasteiger charge is 2.24. The predicted molar refractivity (Wildman–Crippen MR) is 121 cm³/mol. The van der Waals surface area contributed by atoms with Gasteiger partial charge in [0.1, 0.15) is 0 Å². The molecule has 3 rings (SSSR count). The lowest BCUT2D eigenvalue weighted by molar-refractivity contribution is 0.111. The maximum Gasteiger partial charge on any atom is 0.319 e. The van der Waals surface area contributed by atoms with E-state index in [1.54, 1.807) is 12.1 Å². The van der Waals surface area contributed by atoms with Gasteiger partial charge in [-0.2, -0.15) is 0 Å². The summed E-state index contributed by atoms with van der Waals surface area (Å²) >= 11 is 6.00. The van der Waals surface area contributed by atoms with Crippen molar-refractivity contribution in [3.05, 3.63) is 59.1 Å². The minimum Gasteiger partial charge on any atom is -0.378 e. The van der Waals surface area contributed by atoms with Crippen LogP contribution >= 0.6 is 11.6 Å². The number of nitrogens with zero attached hydrogens (tertiary/aromatic N) is 3. The Morgan fingerprint density at radius 3 is 2.41 bits per heavy atom. The Bertz CT molecular complexity index is 803. The third-order valence-corrected chi connectivity index (χ3v) is 5.55. The number of nitrogens with one attached hydrogen (secondary N) is 2. The molecule has 0 aliphatic carbocycles. The zero-order valence-corrected chi connectivity index (χ0v) is 18.1. The van der Waals surface area contributed by atoms with Gasteiger partial charge in [-0.15, -0.1) is 0 Å². The van der Waals surface area contributed by atoms with Crippen molar-refractivity contribution < 1.29 is 4.79 Å². The smallest absolute Gasteiger partial charge is 0.319 e. The average molecular weight is 416 g/mol. The standard InChI is InChI=1S/C22H30ClN5O/c1-26(2)20-9-7-17(8-10-20)21(28-13-11-27(3)12-14-28)16-24-22(29)25-19-6-4-5-18(23)15-19/h4-10,15,21H,11-14,16H2,1-3H3,(H2,24,25,29)/t21-/m0/s1. The van der Waals surface area contributed by atoms with E-state index in [-0.39, 0.29) is 12.1 Å². The van der Waals surface area contributed by atoms with Crippen molar-refractivity contribution in [3.63, 3.8) is 0 Å². The van der Waals surface area contributed by atoms with E-state index in [1.165, 1.54) is 5.56 Å². The molecule has 0 spiro atoms. The van der Waals surface area contributed by atoms with Crippen LogP contribution in [0.3, 0.4) is 0 Å². The normalized spacial score (nSPS) is 16.3. The fourth-order valence-corrected chi connectivity index (χ4v) is 3.71. The molecule has 1 heterocycles. The molecular weight excluding hydrogens is 386 g/mol. The zero-order valence-electron chi connectivity index (χ0n) is 17.4. The monoisotopic (exact) mass is 415 g/mol. The van der Waals surface area contributed by atoms with Gasteiger partial charge >= 0.3 is 6.03 Å².